The summed E-state index contributed by atoms with van der Waals surface area (Å²) in [7, 11) is -0.473. The maximum Gasteiger partial charge on any atom is 0.241 e. The molecule has 2 aromatic rings. The SMILES string of the molecule is CN(C)C(=O)Cc1ccc(NC(=O)CS(=O)(=O)Nc2ccc(N3CCCCC3)cc2)cc1. The number of likely N-dealkylation sites (N-methyl/N-ethyl adjacent to an activating group) is 1. The van der Waals surface area contributed by atoms with Crippen molar-refractivity contribution in [3.8, 4) is 0 Å². The molecule has 0 atom stereocenters. The van der Waals surface area contributed by atoms with E-state index in [4.69, 9.17) is 0 Å². The summed E-state index contributed by atoms with van der Waals surface area (Å²) in [5.74, 6) is -1.36. The van der Waals surface area contributed by atoms with Crippen molar-refractivity contribution < 1.29 is 18.0 Å². The molecule has 172 valence electrons. The molecule has 32 heavy (non-hydrogen) atoms. The normalized spacial score (nSPS) is 14.0. The van der Waals surface area contributed by atoms with Gasteiger partial charge >= 0.3 is 0 Å². The molecule has 1 aliphatic heterocycles. The smallest absolute Gasteiger partial charge is 0.241 e. The Morgan fingerprint density at radius 3 is 2.09 bits per heavy atom. The number of nitrogens with one attached hydrogen (secondary N) is 2. The first-order valence-corrected chi connectivity index (χ1v) is 12.3. The number of piperidine rings is 1. The number of nitrogens with zero attached hydrogens (tertiary/aromatic N) is 2. The van der Waals surface area contributed by atoms with Gasteiger partial charge in [-0.2, -0.15) is 0 Å². The molecule has 8 nitrogen and oxygen atoms in total. The molecule has 0 aromatic heterocycles. The van der Waals surface area contributed by atoms with Crippen molar-refractivity contribution in [2.45, 2.75) is 25.7 Å². The molecule has 9 heteroatoms. The minimum absolute atomic E-state index is 0.0251. The highest BCUT2D eigenvalue weighted by Gasteiger charge is 2.17. The molecular formula is C23H30N4O4S. The summed E-state index contributed by atoms with van der Waals surface area (Å²) >= 11 is 0. The number of anilines is 3. The van der Waals surface area contributed by atoms with E-state index in [2.05, 4.69) is 14.9 Å². The summed E-state index contributed by atoms with van der Waals surface area (Å²) in [6.07, 6.45) is 3.84. The Balaban J connectivity index is 1.52. The molecule has 3 rings (SSSR count). The van der Waals surface area contributed by atoms with Gasteiger partial charge in [0.05, 0.1) is 6.42 Å². The minimum atomic E-state index is -3.85. The van der Waals surface area contributed by atoms with Crippen LogP contribution in [0.5, 0.6) is 0 Å². The van der Waals surface area contributed by atoms with Crippen LogP contribution in [0.25, 0.3) is 0 Å². The van der Waals surface area contributed by atoms with Crippen molar-refractivity contribution in [1.82, 2.24) is 4.90 Å². The topological polar surface area (TPSA) is 98.8 Å². The molecule has 2 aromatic carbocycles. The van der Waals surface area contributed by atoms with E-state index in [1.807, 2.05) is 12.1 Å². The van der Waals surface area contributed by atoms with E-state index in [1.54, 1.807) is 50.5 Å². The summed E-state index contributed by atoms with van der Waals surface area (Å²) < 4.78 is 27.3. The van der Waals surface area contributed by atoms with E-state index in [0.29, 0.717) is 11.4 Å². The minimum Gasteiger partial charge on any atom is -0.372 e. The Labute approximate surface area is 189 Å². The van der Waals surface area contributed by atoms with Gasteiger partial charge in [0.1, 0.15) is 5.75 Å². The van der Waals surface area contributed by atoms with Gasteiger partial charge in [-0.05, 0) is 61.2 Å². The van der Waals surface area contributed by atoms with Gasteiger partial charge in [-0.1, -0.05) is 12.1 Å². The number of benzene rings is 2. The third kappa shape index (κ3) is 6.98. The molecule has 2 N–H and O–H groups in total. The zero-order chi connectivity index (χ0) is 23.1. The van der Waals surface area contributed by atoms with Crippen molar-refractivity contribution in [2.75, 3.05) is 47.9 Å². The van der Waals surface area contributed by atoms with Gasteiger partial charge in [0, 0.05) is 44.2 Å². The molecule has 1 aliphatic rings. The first kappa shape index (κ1) is 23.6. The van der Waals surface area contributed by atoms with Gasteiger partial charge < -0.3 is 15.1 Å². The molecule has 0 saturated carbocycles. The van der Waals surface area contributed by atoms with Crippen molar-refractivity contribution in [2.24, 2.45) is 0 Å². The first-order valence-electron chi connectivity index (χ1n) is 10.7. The number of hydrogen-bond acceptors (Lipinski definition) is 5. The largest absolute Gasteiger partial charge is 0.372 e. The van der Waals surface area contributed by atoms with Gasteiger partial charge in [0.2, 0.25) is 21.8 Å². The maximum absolute atomic E-state index is 12.4. The Bertz CT molecular complexity index is 1030. The summed E-state index contributed by atoms with van der Waals surface area (Å²) in [5.41, 5.74) is 2.77. The van der Waals surface area contributed by atoms with E-state index in [1.165, 1.54) is 24.2 Å². The van der Waals surface area contributed by atoms with Crippen LogP contribution in [0.15, 0.2) is 48.5 Å². The van der Waals surface area contributed by atoms with Crippen LogP contribution in [-0.2, 0) is 26.0 Å². The maximum atomic E-state index is 12.4. The first-order chi connectivity index (χ1) is 15.2. The molecule has 0 spiro atoms. The van der Waals surface area contributed by atoms with E-state index < -0.39 is 21.7 Å². The lowest BCUT2D eigenvalue weighted by Gasteiger charge is -2.28. The van der Waals surface area contributed by atoms with Crippen molar-refractivity contribution in [3.63, 3.8) is 0 Å². The van der Waals surface area contributed by atoms with E-state index in [9.17, 15) is 18.0 Å². The molecule has 1 saturated heterocycles. The fourth-order valence-electron chi connectivity index (χ4n) is 3.52. The van der Waals surface area contributed by atoms with Crippen LogP contribution in [0.1, 0.15) is 24.8 Å². The average molecular weight is 459 g/mol. The fourth-order valence-corrected chi connectivity index (χ4v) is 4.50. The van der Waals surface area contributed by atoms with Crippen molar-refractivity contribution >= 4 is 38.9 Å². The van der Waals surface area contributed by atoms with Crippen molar-refractivity contribution in [3.05, 3.63) is 54.1 Å². The van der Waals surface area contributed by atoms with Gasteiger partial charge in [-0.25, -0.2) is 8.42 Å². The second kappa shape index (κ2) is 10.5. The van der Waals surface area contributed by atoms with Gasteiger partial charge in [-0.3, -0.25) is 14.3 Å². The number of carbonyl (C=O) groups is 2. The predicted molar refractivity (Wildman–Crippen MR) is 127 cm³/mol. The quantitative estimate of drug-likeness (QED) is 0.634. The highest BCUT2D eigenvalue weighted by Crippen LogP contribution is 2.22. The van der Waals surface area contributed by atoms with Crippen molar-refractivity contribution in [1.29, 1.82) is 0 Å². The van der Waals surface area contributed by atoms with Gasteiger partial charge in [-0.15, -0.1) is 0 Å². The second-order valence-corrected chi connectivity index (χ2v) is 9.89. The van der Waals surface area contributed by atoms with E-state index >= 15 is 0 Å². The predicted octanol–water partition coefficient (Wildman–Crippen LogP) is 2.69. The van der Waals surface area contributed by atoms with Crippen LogP contribution < -0.4 is 14.9 Å². The highest BCUT2D eigenvalue weighted by molar-refractivity contribution is 7.93. The lowest BCUT2D eigenvalue weighted by molar-refractivity contribution is -0.128. The fraction of sp³-hybridized carbons (Fsp3) is 0.391. The number of sulfonamides is 1. The molecule has 0 aliphatic carbocycles. The van der Waals surface area contributed by atoms with Gasteiger partial charge in [0.25, 0.3) is 0 Å². The monoisotopic (exact) mass is 458 g/mol. The molecule has 1 fully saturated rings. The zero-order valence-corrected chi connectivity index (χ0v) is 19.3. The lowest BCUT2D eigenvalue weighted by atomic mass is 10.1. The molecule has 2 amide bonds. The molecule has 0 radical (unpaired) electrons. The van der Waals surface area contributed by atoms with E-state index in [-0.39, 0.29) is 12.3 Å². The summed E-state index contributed by atoms with van der Waals surface area (Å²) in [6, 6.07) is 14.0. The Hall–Kier alpha value is -3.07. The standard InChI is InChI=1S/C23H30N4O4S/c1-26(2)23(29)16-18-6-8-19(9-7-18)24-22(28)17-32(30,31)25-20-10-12-21(13-11-20)27-14-4-3-5-15-27/h6-13,25H,3-5,14-17H2,1-2H3,(H,24,28). The second-order valence-electron chi connectivity index (χ2n) is 8.17. The number of amides is 2. The highest BCUT2D eigenvalue weighted by atomic mass is 32.2. The molecule has 0 unspecified atom stereocenters. The van der Waals surface area contributed by atoms with Crippen LogP contribution in [-0.4, -0.2) is 58.1 Å². The summed E-state index contributed by atoms with van der Waals surface area (Å²) in [5, 5.41) is 2.58. The molecular weight excluding hydrogens is 428 g/mol. The number of carbonyl (C=O) groups excluding carboxylic acids is 2. The Kier molecular flexibility index (Phi) is 7.74. The van der Waals surface area contributed by atoms with Crippen LogP contribution in [0.3, 0.4) is 0 Å². The lowest BCUT2D eigenvalue weighted by Crippen LogP contribution is -2.29. The van der Waals surface area contributed by atoms with Crippen LogP contribution >= 0.6 is 0 Å². The van der Waals surface area contributed by atoms with Crippen LogP contribution in [0.2, 0.25) is 0 Å². The van der Waals surface area contributed by atoms with Crippen LogP contribution in [0.4, 0.5) is 17.1 Å². The van der Waals surface area contributed by atoms with Gasteiger partial charge in [0.15, 0.2) is 0 Å². The van der Waals surface area contributed by atoms with E-state index in [0.717, 1.165) is 24.3 Å². The third-order valence-electron chi connectivity index (χ3n) is 5.27. The Morgan fingerprint density at radius 1 is 0.906 bits per heavy atom. The summed E-state index contributed by atoms with van der Waals surface area (Å²) in [4.78, 5) is 27.8. The number of rotatable bonds is 8. The molecule has 0 bridgehead atoms. The average Bonchev–Trinajstić information content (AvgIpc) is 2.75. The zero-order valence-electron chi connectivity index (χ0n) is 18.5. The third-order valence-corrected chi connectivity index (χ3v) is 6.46. The Morgan fingerprint density at radius 2 is 1.50 bits per heavy atom. The van der Waals surface area contributed by atoms with Crippen LogP contribution in [0, 0.1) is 0 Å². The number of hydrogen-bond donors (Lipinski definition) is 2. The molecule has 1 heterocycles. The summed E-state index contributed by atoms with van der Waals surface area (Å²) in [6.45, 7) is 2.02.